The summed E-state index contributed by atoms with van der Waals surface area (Å²) in [6.45, 7) is -0.289. The minimum absolute atomic E-state index is 0.0424. The van der Waals surface area contributed by atoms with Gasteiger partial charge in [0.25, 0.3) is 15.9 Å². The fraction of sp³-hybridized carbons (Fsp3) is 0.0952. The van der Waals surface area contributed by atoms with Crippen molar-refractivity contribution >= 4 is 54.8 Å². The molecule has 10 heteroatoms. The zero-order chi connectivity index (χ0) is 22.4. The Labute approximate surface area is 193 Å². The lowest BCUT2D eigenvalue weighted by Gasteiger charge is -2.12. The third kappa shape index (κ3) is 6.36. The molecule has 1 amide bonds. The van der Waals surface area contributed by atoms with E-state index in [1.165, 1.54) is 25.3 Å². The highest BCUT2D eigenvalue weighted by Gasteiger charge is 2.17. The Balaban J connectivity index is 1.63. The fourth-order valence-electron chi connectivity index (χ4n) is 2.55. The summed E-state index contributed by atoms with van der Waals surface area (Å²) in [5, 5.41) is 2.75. The molecule has 3 rings (SSSR count). The van der Waals surface area contributed by atoms with Crippen molar-refractivity contribution in [2.75, 3.05) is 23.8 Å². The molecule has 0 aliphatic heterocycles. The minimum atomic E-state index is -3.86. The Kier molecular flexibility index (Phi) is 7.42. The van der Waals surface area contributed by atoms with Crippen LogP contribution in [-0.2, 0) is 14.8 Å². The van der Waals surface area contributed by atoms with Crippen LogP contribution in [-0.4, -0.2) is 28.0 Å². The number of methoxy groups -OCH3 is 1. The molecule has 31 heavy (non-hydrogen) atoms. The first kappa shape index (κ1) is 22.9. The monoisotopic (exact) mass is 524 g/mol. The van der Waals surface area contributed by atoms with E-state index in [1.54, 1.807) is 42.5 Å². The summed E-state index contributed by atoms with van der Waals surface area (Å²) in [5.41, 5.74) is 0.988. The number of anilines is 2. The molecule has 0 unspecified atom stereocenters. The number of amides is 1. The maximum Gasteiger partial charge on any atom is 0.262 e. The lowest BCUT2D eigenvalue weighted by molar-refractivity contribution is -0.118. The van der Waals surface area contributed by atoms with Gasteiger partial charge >= 0.3 is 0 Å². The van der Waals surface area contributed by atoms with E-state index in [0.717, 1.165) is 4.47 Å². The number of nitrogens with one attached hydrogen (secondary N) is 2. The van der Waals surface area contributed by atoms with Gasteiger partial charge in [-0.2, -0.15) is 0 Å². The number of halogens is 2. The summed E-state index contributed by atoms with van der Waals surface area (Å²) in [6.07, 6.45) is 0. The van der Waals surface area contributed by atoms with Gasteiger partial charge in [-0.3, -0.25) is 9.52 Å². The molecule has 7 nitrogen and oxygen atoms in total. The minimum Gasteiger partial charge on any atom is -0.497 e. The van der Waals surface area contributed by atoms with Crippen molar-refractivity contribution in [1.29, 1.82) is 0 Å². The Morgan fingerprint density at radius 1 is 1.03 bits per heavy atom. The highest BCUT2D eigenvalue weighted by atomic mass is 79.9. The van der Waals surface area contributed by atoms with E-state index in [9.17, 15) is 13.2 Å². The van der Waals surface area contributed by atoms with Crippen LogP contribution in [0, 0.1) is 0 Å². The van der Waals surface area contributed by atoms with Crippen LogP contribution in [0.25, 0.3) is 0 Å². The zero-order valence-corrected chi connectivity index (χ0v) is 19.4. The number of rotatable bonds is 8. The van der Waals surface area contributed by atoms with Gasteiger partial charge in [-0.1, -0.05) is 33.6 Å². The second-order valence-electron chi connectivity index (χ2n) is 6.27. The molecule has 0 spiro atoms. The van der Waals surface area contributed by atoms with Gasteiger partial charge < -0.3 is 14.8 Å². The predicted molar refractivity (Wildman–Crippen MR) is 124 cm³/mol. The van der Waals surface area contributed by atoms with Crippen LogP contribution in [0.3, 0.4) is 0 Å². The first-order chi connectivity index (χ1) is 14.8. The Morgan fingerprint density at radius 2 is 1.77 bits per heavy atom. The lowest BCUT2D eigenvalue weighted by atomic mass is 10.3. The number of carbonyl (C=O) groups excluding carboxylic acids is 1. The topological polar surface area (TPSA) is 93.7 Å². The number of hydrogen-bond donors (Lipinski definition) is 2. The quantitative estimate of drug-likeness (QED) is 0.435. The SMILES string of the molecule is COc1ccc(NS(=O)(=O)c2ccc(OCC(=O)Nc3cccc(Br)c3)c(Cl)c2)cc1. The average molecular weight is 526 g/mol. The van der Waals surface area contributed by atoms with Crippen molar-refractivity contribution < 1.29 is 22.7 Å². The van der Waals surface area contributed by atoms with E-state index in [-0.39, 0.29) is 28.2 Å². The second kappa shape index (κ2) is 10.0. The first-order valence-electron chi connectivity index (χ1n) is 8.91. The van der Waals surface area contributed by atoms with E-state index < -0.39 is 10.0 Å². The largest absolute Gasteiger partial charge is 0.497 e. The number of ether oxygens (including phenoxy) is 2. The highest BCUT2D eigenvalue weighted by molar-refractivity contribution is 9.10. The van der Waals surface area contributed by atoms with E-state index in [1.807, 2.05) is 6.07 Å². The van der Waals surface area contributed by atoms with Crippen molar-refractivity contribution in [3.05, 3.63) is 76.2 Å². The third-order valence-electron chi connectivity index (χ3n) is 4.02. The number of sulfonamides is 1. The molecule has 0 aliphatic carbocycles. The third-order valence-corrected chi connectivity index (χ3v) is 6.19. The van der Waals surface area contributed by atoms with Crippen LogP contribution in [0.4, 0.5) is 11.4 Å². The molecule has 0 saturated carbocycles. The molecule has 3 aromatic carbocycles. The van der Waals surface area contributed by atoms with Crippen molar-refractivity contribution in [3.8, 4) is 11.5 Å². The molecule has 0 heterocycles. The summed E-state index contributed by atoms with van der Waals surface area (Å²) in [6, 6.07) is 17.6. The van der Waals surface area contributed by atoms with Crippen LogP contribution in [0.2, 0.25) is 5.02 Å². The standard InChI is InChI=1S/C21H18BrClN2O5S/c1-29-17-7-5-15(6-8-17)25-31(27,28)18-9-10-20(19(23)12-18)30-13-21(26)24-16-4-2-3-14(22)11-16/h2-12,25H,13H2,1H3,(H,24,26). The zero-order valence-electron chi connectivity index (χ0n) is 16.3. The Hall–Kier alpha value is -2.75. The van der Waals surface area contributed by atoms with Crippen molar-refractivity contribution in [2.45, 2.75) is 4.90 Å². The van der Waals surface area contributed by atoms with Crippen LogP contribution < -0.4 is 19.5 Å². The lowest BCUT2D eigenvalue weighted by Crippen LogP contribution is -2.20. The van der Waals surface area contributed by atoms with Gasteiger partial charge in [0.1, 0.15) is 11.5 Å². The summed E-state index contributed by atoms with van der Waals surface area (Å²) >= 11 is 9.50. The maximum absolute atomic E-state index is 12.6. The Bertz CT molecular complexity index is 1190. The summed E-state index contributed by atoms with van der Waals surface area (Å²) in [4.78, 5) is 12.0. The molecular formula is C21H18BrClN2O5S. The van der Waals surface area contributed by atoms with Crippen LogP contribution in [0.5, 0.6) is 11.5 Å². The molecule has 162 valence electrons. The molecule has 0 aliphatic rings. The van der Waals surface area contributed by atoms with Gasteiger partial charge in [0.15, 0.2) is 6.61 Å². The molecule has 0 radical (unpaired) electrons. The van der Waals surface area contributed by atoms with E-state index >= 15 is 0 Å². The number of hydrogen-bond acceptors (Lipinski definition) is 5. The molecule has 2 N–H and O–H groups in total. The Morgan fingerprint density at radius 3 is 2.42 bits per heavy atom. The molecule has 0 aromatic heterocycles. The number of carbonyl (C=O) groups is 1. The van der Waals surface area contributed by atoms with Gasteiger partial charge in [-0.05, 0) is 60.7 Å². The fourth-order valence-corrected chi connectivity index (χ4v) is 4.33. The van der Waals surface area contributed by atoms with Gasteiger partial charge in [0.2, 0.25) is 0 Å². The molecule has 0 saturated heterocycles. The first-order valence-corrected chi connectivity index (χ1v) is 11.6. The average Bonchev–Trinajstić information content (AvgIpc) is 2.73. The smallest absolute Gasteiger partial charge is 0.262 e. The molecule has 0 bridgehead atoms. The summed E-state index contributed by atoms with van der Waals surface area (Å²) < 4.78 is 39.0. The van der Waals surface area contributed by atoms with E-state index in [4.69, 9.17) is 21.1 Å². The highest BCUT2D eigenvalue weighted by Crippen LogP contribution is 2.28. The van der Waals surface area contributed by atoms with E-state index in [0.29, 0.717) is 17.1 Å². The predicted octanol–water partition coefficient (Wildman–Crippen LogP) is 4.93. The maximum atomic E-state index is 12.6. The summed E-state index contributed by atoms with van der Waals surface area (Å²) in [5.74, 6) is 0.415. The van der Waals surface area contributed by atoms with Gasteiger partial charge in [0.05, 0.1) is 17.0 Å². The summed E-state index contributed by atoms with van der Waals surface area (Å²) in [7, 11) is -2.34. The van der Waals surface area contributed by atoms with Crippen molar-refractivity contribution in [1.82, 2.24) is 0 Å². The van der Waals surface area contributed by atoms with Gasteiger partial charge in [-0.15, -0.1) is 0 Å². The van der Waals surface area contributed by atoms with Crippen LogP contribution >= 0.6 is 27.5 Å². The number of benzene rings is 3. The van der Waals surface area contributed by atoms with Gasteiger partial charge in [0, 0.05) is 15.8 Å². The molecule has 0 fully saturated rings. The molecule has 3 aromatic rings. The van der Waals surface area contributed by atoms with Crippen LogP contribution in [0.15, 0.2) is 76.1 Å². The van der Waals surface area contributed by atoms with Gasteiger partial charge in [-0.25, -0.2) is 8.42 Å². The molecular weight excluding hydrogens is 508 g/mol. The second-order valence-corrected chi connectivity index (χ2v) is 9.28. The molecule has 0 atom stereocenters. The van der Waals surface area contributed by atoms with Crippen LogP contribution in [0.1, 0.15) is 0 Å². The normalized spacial score (nSPS) is 10.9. The van der Waals surface area contributed by atoms with Crippen molar-refractivity contribution in [3.63, 3.8) is 0 Å². The van der Waals surface area contributed by atoms with E-state index in [2.05, 4.69) is 26.0 Å². The van der Waals surface area contributed by atoms with Crippen molar-refractivity contribution in [2.24, 2.45) is 0 Å².